The van der Waals surface area contributed by atoms with Crippen LogP contribution < -0.4 is 10.6 Å². The number of rotatable bonds is 3. The monoisotopic (exact) mass is 363 g/mol. The standard InChI is InChI=1S/C12H15BrClN3OS/c1-7-10(14)5-9(13)11(16-7)17-12(19)15-6-8-3-2-4-18-8/h5,8H,2-4,6H2,1H3,(H2,15,16,17,19)/t8-/m1/s1. The van der Waals surface area contributed by atoms with Crippen LogP contribution in [0.1, 0.15) is 18.5 Å². The third-order valence-corrected chi connectivity index (χ3v) is 4.08. The van der Waals surface area contributed by atoms with Crippen molar-refractivity contribution in [3.8, 4) is 0 Å². The van der Waals surface area contributed by atoms with Crippen molar-refractivity contribution in [2.24, 2.45) is 0 Å². The van der Waals surface area contributed by atoms with Crippen LogP contribution in [-0.2, 0) is 4.74 Å². The van der Waals surface area contributed by atoms with Crippen LogP contribution >= 0.6 is 39.7 Å². The van der Waals surface area contributed by atoms with E-state index in [0.29, 0.717) is 16.0 Å². The van der Waals surface area contributed by atoms with Crippen molar-refractivity contribution in [3.05, 3.63) is 21.3 Å². The summed E-state index contributed by atoms with van der Waals surface area (Å²) in [5.41, 5.74) is 0.759. The van der Waals surface area contributed by atoms with Gasteiger partial charge in [0.1, 0.15) is 5.82 Å². The van der Waals surface area contributed by atoms with Crippen molar-refractivity contribution >= 4 is 50.7 Å². The lowest BCUT2D eigenvalue weighted by Gasteiger charge is -2.14. The summed E-state index contributed by atoms with van der Waals surface area (Å²) in [6.45, 7) is 3.41. The summed E-state index contributed by atoms with van der Waals surface area (Å²) in [5, 5.41) is 7.34. The molecule has 2 rings (SSSR count). The lowest BCUT2D eigenvalue weighted by molar-refractivity contribution is 0.114. The van der Waals surface area contributed by atoms with Crippen molar-refractivity contribution in [2.45, 2.75) is 25.9 Å². The molecule has 1 atom stereocenters. The van der Waals surface area contributed by atoms with Crippen molar-refractivity contribution < 1.29 is 4.74 Å². The first-order valence-corrected chi connectivity index (χ1v) is 7.63. The van der Waals surface area contributed by atoms with Gasteiger partial charge >= 0.3 is 0 Å². The second kappa shape index (κ2) is 6.83. The highest BCUT2D eigenvalue weighted by Gasteiger charge is 2.15. The summed E-state index contributed by atoms with van der Waals surface area (Å²) >= 11 is 14.6. The lowest BCUT2D eigenvalue weighted by Crippen LogP contribution is -2.35. The summed E-state index contributed by atoms with van der Waals surface area (Å²) in [6, 6.07) is 1.80. The predicted molar refractivity (Wildman–Crippen MR) is 84.9 cm³/mol. The molecule has 1 aromatic rings. The van der Waals surface area contributed by atoms with Crippen molar-refractivity contribution in [1.29, 1.82) is 0 Å². The van der Waals surface area contributed by atoms with Gasteiger partial charge in [-0.05, 0) is 54.0 Å². The first kappa shape index (κ1) is 15.0. The number of pyridine rings is 1. The first-order valence-electron chi connectivity index (χ1n) is 6.05. The largest absolute Gasteiger partial charge is 0.376 e. The highest BCUT2D eigenvalue weighted by molar-refractivity contribution is 9.10. The molecule has 1 fully saturated rings. The van der Waals surface area contributed by atoms with Crippen LogP contribution in [0.25, 0.3) is 0 Å². The summed E-state index contributed by atoms with van der Waals surface area (Å²) in [7, 11) is 0. The van der Waals surface area contributed by atoms with Crippen LogP contribution in [0, 0.1) is 6.92 Å². The molecule has 1 aromatic heterocycles. The van der Waals surface area contributed by atoms with Gasteiger partial charge in [-0.1, -0.05) is 11.6 Å². The van der Waals surface area contributed by atoms with E-state index in [1.807, 2.05) is 6.92 Å². The molecule has 0 aromatic carbocycles. The van der Waals surface area contributed by atoms with Gasteiger partial charge in [-0.3, -0.25) is 0 Å². The highest BCUT2D eigenvalue weighted by Crippen LogP contribution is 2.25. The fourth-order valence-electron chi connectivity index (χ4n) is 1.81. The maximum Gasteiger partial charge on any atom is 0.172 e. The zero-order valence-corrected chi connectivity index (χ0v) is 13.7. The molecule has 0 saturated carbocycles. The van der Waals surface area contributed by atoms with Gasteiger partial charge in [0.2, 0.25) is 0 Å². The molecule has 1 aliphatic rings. The Morgan fingerprint density at radius 3 is 3.16 bits per heavy atom. The van der Waals surface area contributed by atoms with Crippen LogP contribution in [0.3, 0.4) is 0 Å². The Morgan fingerprint density at radius 2 is 2.47 bits per heavy atom. The summed E-state index contributed by atoms with van der Waals surface area (Å²) in [6.07, 6.45) is 2.45. The van der Waals surface area contributed by atoms with Crippen molar-refractivity contribution in [3.63, 3.8) is 0 Å². The van der Waals surface area contributed by atoms with E-state index in [1.165, 1.54) is 0 Å². The Labute approximate surface area is 131 Å². The number of ether oxygens (including phenoxy) is 1. The fourth-order valence-corrected chi connectivity index (χ4v) is 2.69. The Kier molecular flexibility index (Phi) is 5.38. The van der Waals surface area contributed by atoms with E-state index in [4.69, 9.17) is 28.6 Å². The minimum atomic E-state index is 0.253. The van der Waals surface area contributed by atoms with Crippen LogP contribution in [0.5, 0.6) is 0 Å². The number of anilines is 1. The average molecular weight is 365 g/mol. The quantitative estimate of drug-likeness (QED) is 0.806. The van der Waals surface area contributed by atoms with Gasteiger partial charge in [0.05, 0.1) is 21.3 Å². The van der Waals surface area contributed by atoms with Crippen LogP contribution in [0.2, 0.25) is 5.02 Å². The van der Waals surface area contributed by atoms with E-state index in [2.05, 4.69) is 31.5 Å². The number of aromatic nitrogens is 1. The fraction of sp³-hybridized carbons (Fsp3) is 0.500. The molecule has 0 aliphatic carbocycles. The molecule has 0 bridgehead atoms. The minimum absolute atomic E-state index is 0.253. The van der Waals surface area contributed by atoms with Gasteiger partial charge in [0, 0.05) is 13.2 Å². The van der Waals surface area contributed by atoms with E-state index in [9.17, 15) is 0 Å². The maximum atomic E-state index is 5.98. The van der Waals surface area contributed by atoms with E-state index >= 15 is 0 Å². The van der Waals surface area contributed by atoms with Crippen LogP contribution in [-0.4, -0.2) is 29.4 Å². The molecule has 0 radical (unpaired) electrons. The van der Waals surface area contributed by atoms with Crippen molar-refractivity contribution in [2.75, 3.05) is 18.5 Å². The normalized spacial score (nSPS) is 18.4. The molecule has 1 aliphatic heterocycles. The van der Waals surface area contributed by atoms with E-state index in [-0.39, 0.29) is 6.10 Å². The number of hydrogen-bond donors (Lipinski definition) is 2. The number of thiocarbonyl (C=S) groups is 1. The van der Waals surface area contributed by atoms with Gasteiger partial charge < -0.3 is 15.4 Å². The van der Waals surface area contributed by atoms with E-state index in [0.717, 1.165) is 36.2 Å². The number of aryl methyl sites for hydroxylation is 1. The molecule has 0 amide bonds. The van der Waals surface area contributed by atoms with Crippen LogP contribution in [0.15, 0.2) is 10.5 Å². The average Bonchev–Trinajstić information content (AvgIpc) is 2.86. The topological polar surface area (TPSA) is 46.2 Å². The van der Waals surface area contributed by atoms with Gasteiger partial charge in [0.25, 0.3) is 0 Å². The summed E-state index contributed by atoms with van der Waals surface area (Å²) < 4.78 is 6.30. The molecule has 2 N–H and O–H groups in total. The van der Waals surface area contributed by atoms with Gasteiger partial charge in [-0.25, -0.2) is 4.98 Å². The third kappa shape index (κ3) is 4.27. The Bertz CT molecular complexity index is 480. The second-order valence-corrected chi connectivity index (χ2v) is 6.03. The molecule has 2 heterocycles. The zero-order chi connectivity index (χ0) is 13.8. The molecule has 0 unspecified atom stereocenters. The zero-order valence-electron chi connectivity index (χ0n) is 10.5. The highest BCUT2D eigenvalue weighted by atomic mass is 79.9. The number of halogens is 2. The Balaban J connectivity index is 1.89. The molecule has 7 heteroatoms. The van der Waals surface area contributed by atoms with Gasteiger partial charge in [-0.15, -0.1) is 0 Å². The van der Waals surface area contributed by atoms with Crippen molar-refractivity contribution in [1.82, 2.24) is 10.3 Å². The number of hydrogen-bond acceptors (Lipinski definition) is 3. The number of nitrogens with zero attached hydrogens (tertiary/aromatic N) is 1. The number of nitrogens with one attached hydrogen (secondary N) is 2. The minimum Gasteiger partial charge on any atom is -0.376 e. The van der Waals surface area contributed by atoms with Gasteiger partial charge in [0.15, 0.2) is 5.11 Å². The SMILES string of the molecule is Cc1nc(NC(=S)NC[C@H]2CCCO2)c(Br)cc1Cl. The second-order valence-electron chi connectivity index (χ2n) is 4.36. The van der Waals surface area contributed by atoms with E-state index in [1.54, 1.807) is 6.07 Å². The molecule has 4 nitrogen and oxygen atoms in total. The molecule has 104 valence electrons. The van der Waals surface area contributed by atoms with Crippen LogP contribution in [0.4, 0.5) is 5.82 Å². The van der Waals surface area contributed by atoms with Gasteiger partial charge in [-0.2, -0.15) is 0 Å². The Hall–Kier alpha value is -0.430. The summed E-state index contributed by atoms with van der Waals surface area (Å²) in [4.78, 5) is 4.34. The molecular formula is C12H15BrClN3OS. The third-order valence-electron chi connectivity index (χ3n) is 2.85. The smallest absolute Gasteiger partial charge is 0.172 e. The molecule has 0 spiro atoms. The Morgan fingerprint density at radius 1 is 1.68 bits per heavy atom. The molecule has 1 saturated heterocycles. The molecular weight excluding hydrogens is 350 g/mol. The lowest BCUT2D eigenvalue weighted by atomic mass is 10.2. The predicted octanol–water partition coefficient (Wildman–Crippen LogP) is 3.27. The molecule has 19 heavy (non-hydrogen) atoms. The maximum absolute atomic E-state index is 5.98. The summed E-state index contributed by atoms with van der Waals surface area (Å²) in [5.74, 6) is 0.659. The first-order chi connectivity index (χ1) is 9.06. The van der Waals surface area contributed by atoms with E-state index < -0.39 is 0 Å².